The third-order valence-electron chi connectivity index (χ3n) is 4.16. The summed E-state index contributed by atoms with van der Waals surface area (Å²) in [7, 11) is 0. The van der Waals surface area contributed by atoms with Gasteiger partial charge in [-0.2, -0.15) is 0 Å². The number of anilines is 1. The summed E-state index contributed by atoms with van der Waals surface area (Å²) in [6.45, 7) is 7.25. The number of carbonyl (C=O) groups excluding carboxylic acids is 2. The van der Waals surface area contributed by atoms with Crippen LogP contribution in [-0.4, -0.2) is 37.4 Å². The highest BCUT2D eigenvalue weighted by Gasteiger charge is 2.32. The number of hydrogen-bond donors (Lipinski definition) is 1. The van der Waals surface area contributed by atoms with Gasteiger partial charge in [-0.25, -0.2) is 0 Å². The van der Waals surface area contributed by atoms with Crippen LogP contribution in [0.1, 0.15) is 27.2 Å². The zero-order valence-electron chi connectivity index (χ0n) is 14.5. The lowest BCUT2D eigenvalue weighted by Gasteiger charge is -2.22. The van der Waals surface area contributed by atoms with Crippen LogP contribution < -0.4 is 15.0 Å². The van der Waals surface area contributed by atoms with Gasteiger partial charge in [0, 0.05) is 37.0 Å². The Hall–Kier alpha value is -1.75. The van der Waals surface area contributed by atoms with Gasteiger partial charge in [-0.05, 0) is 45.0 Å². The van der Waals surface area contributed by atoms with Gasteiger partial charge in [0.2, 0.25) is 11.8 Å². The number of nitrogens with zero attached hydrogens (tertiary/aromatic N) is 1. The highest BCUT2D eigenvalue weighted by atomic mass is 35.5. The summed E-state index contributed by atoms with van der Waals surface area (Å²) in [5, 5.41) is 2.91. The monoisotopic (exact) mass is 352 g/mol. The highest BCUT2D eigenvalue weighted by molar-refractivity contribution is 6.19. The molecule has 1 fully saturated rings. The molecule has 1 unspecified atom stereocenters. The molecule has 6 heteroatoms. The minimum absolute atomic E-state index is 0.0787. The lowest BCUT2D eigenvalue weighted by atomic mass is 9.95. The van der Waals surface area contributed by atoms with Crippen molar-refractivity contribution in [3.8, 4) is 5.75 Å². The first-order chi connectivity index (χ1) is 11.4. The molecule has 2 amide bonds. The number of alkyl halides is 1. The first-order valence-corrected chi connectivity index (χ1v) is 8.78. The van der Waals surface area contributed by atoms with Gasteiger partial charge in [0.1, 0.15) is 5.75 Å². The molecule has 0 aromatic heterocycles. The van der Waals surface area contributed by atoms with E-state index in [0.29, 0.717) is 26.1 Å². The van der Waals surface area contributed by atoms with Gasteiger partial charge in [-0.1, -0.05) is 0 Å². The van der Waals surface area contributed by atoms with E-state index in [-0.39, 0.29) is 23.6 Å². The Morgan fingerprint density at radius 2 is 2.04 bits per heavy atom. The fourth-order valence-electron chi connectivity index (χ4n) is 2.59. The number of halogens is 1. The third kappa shape index (κ3) is 4.41. The van der Waals surface area contributed by atoms with Gasteiger partial charge in [0.05, 0.1) is 12.0 Å². The topological polar surface area (TPSA) is 58.6 Å². The van der Waals surface area contributed by atoms with E-state index in [4.69, 9.17) is 16.3 Å². The second-order valence-corrected chi connectivity index (χ2v) is 7.00. The molecule has 0 spiro atoms. The molecule has 1 aromatic carbocycles. The van der Waals surface area contributed by atoms with Crippen LogP contribution in [-0.2, 0) is 9.59 Å². The molecule has 0 aliphatic carbocycles. The van der Waals surface area contributed by atoms with Crippen molar-refractivity contribution < 1.29 is 14.3 Å². The number of hydrogen-bond acceptors (Lipinski definition) is 3. The summed E-state index contributed by atoms with van der Waals surface area (Å²) in [4.78, 5) is 26.1. The standard InChI is InChI=1S/C18H25ClN2O3/c1-4-24-15-7-5-14(6-8-15)21-11-13(9-16(21)22)10-20-17(23)18(2,3)12-19/h5-8,13H,4,9-12H2,1-3H3,(H,20,23). The molecule has 1 aromatic rings. The first kappa shape index (κ1) is 18.6. The van der Waals surface area contributed by atoms with E-state index in [1.165, 1.54) is 0 Å². The number of carbonyl (C=O) groups is 2. The Morgan fingerprint density at radius 1 is 1.38 bits per heavy atom. The van der Waals surface area contributed by atoms with Crippen molar-refractivity contribution >= 4 is 29.1 Å². The minimum Gasteiger partial charge on any atom is -0.494 e. The maximum Gasteiger partial charge on any atom is 0.227 e. The van der Waals surface area contributed by atoms with Crippen LogP contribution in [0.15, 0.2) is 24.3 Å². The number of ether oxygens (including phenoxy) is 1. The molecule has 2 rings (SSSR count). The van der Waals surface area contributed by atoms with E-state index in [2.05, 4.69) is 5.32 Å². The summed E-state index contributed by atoms with van der Waals surface area (Å²) < 4.78 is 5.42. The number of nitrogens with one attached hydrogen (secondary N) is 1. The average molecular weight is 353 g/mol. The van der Waals surface area contributed by atoms with Crippen LogP contribution in [0, 0.1) is 11.3 Å². The lowest BCUT2D eigenvalue weighted by molar-refractivity contribution is -0.128. The third-order valence-corrected chi connectivity index (χ3v) is 4.83. The Labute approximate surface area is 148 Å². The Balaban J connectivity index is 1.92. The first-order valence-electron chi connectivity index (χ1n) is 8.25. The van der Waals surface area contributed by atoms with E-state index in [0.717, 1.165) is 11.4 Å². The maximum absolute atomic E-state index is 12.3. The van der Waals surface area contributed by atoms with Gasteiger partial charge in [0.25, 0.3) is 0 Å². The Morgan fingerprint density at radius 3 is 2.62 bits per heavy atom. The van der Waals surface area contributed by atoms with Crippen molar-refractivity contribution in [2.45, 2.75) is 27.2 Å². The summed E-state index contributed by atoms with van der Waals surface area (Å²) in [5.41, 5.74) is 0.261. The van der Waals surface area contributed by atoms with Crippen molar-refractivity contribution in [2.24, 2.45) is 11.3 Å². The van der Waals surface area contributed by atoms with E-state index in [9.17, 15) is 9.59 Å². The summed E-state index contributed by atoms with van der Waals surface area (Å²) in [6, 6.07) is 7.51. The van der Waals surface area contributed by atoms with E-state index in [1.54, 1.807) is 18.7 Å². The van der Waals surface area contributed by atoms with Gasteiger partial charge in [0.15, 0.2) is 0 Å². The SMILES string of the molecule is CCOc1ccc(N2CC(CNC(=O)C(C)(C)CCl)CC2=O)cc1. The Kier molecular flexibility index (Phi) is 6.10. The molecule has 1 N–H and O–H groups in total. The average Bonchev–Trinajstić information content (AvgIpc) is 2.94. The predicted molar refractivity (Wildman–Crippen MR) is 95.6 cm³/mol. The van der Waals surface area contributed by atoms with Gasteiger partial charge in [-0.3, -0.25) is 9.59 Å². The molecule has 1 aliphatic heterocycles. The predicted octanol–water partition coefficient (Wildman–Crippen LogP) is 2.82. The van der Waals surface area contributed by atoms with Crippen LogP contribution in [0.4, 0.5) is 5.69 Å². The fraction of sp³-hybridized carbons (Fsp3) is 0.556. The highest BCUT2D eigenvalue weighted by Crippen LogP contribution is 2.27. The molecule has 0 bridgehead atoms. The zero-order chi connectivity index (χ0) is 17.7. The Bertz CT molecular complexity index is 586. The zero-order valence-corrected chi connectivity index (χ0v) is 15.2. The molecule has 0 saturated carbocycles. The van der Waals surface area contributed by atoms with Crippen LogP contribution in [0.25, 0.3) is 0 Å². The van der Waals surface area contributed by atoms with Crippen LogP contribution in [0.5, 0.6) is 5.75 Å². The second-order valence-electron chi connectivity index (χ2n) is 6.73. The van der Waals surface area contributed by atoms with Crippen molar-refractivity contribution in [1.82, 2.24) is 5.32 Å². The molecule has 1 heterocycles. The quantitative estimate of drug-likeness (QED) is 0.768. The van der Waals surface area contributed by atoms with Crippen molar-refractivity contribution in [3.05, 3.63) is 24.3 Å². The minimum atomic E-state index is -0.598. The molecule has 132 valence electrons. The number of amides is 2. The smallest absolute Gasteiger partial charge is 0.227 e. The second kappa shape index (κ2) is 7.88. The van der Waals surface area contributed by atoms with Gasteiger partial charge >= 0.3 is 0 Å². The van der Waals surface area contributed by atoms with Gasteiger partial charge < -0.3 is 15.0 Å². The van der Waals surface area contributed by atoms with E-state index in [1.807, 2.05) is 31.2 Å². The molecule has 1 saturated heterocycles. The van der Waals surface area contributed by atoms with E-state index >= 15 is 0 Å². The van der Waals surface area contributed by atoms with Gasteiger partial charge in [-0.15, -0.1) is 11.6 Å². The molecular formula is C18H25ClN2O3. The number of rotatable bonds is 7. The number of benzene rings is 1. The summed E-state index contributed by atoms with van der Waals surface area (Å²) in [6.07, 6.45) is 0.439. The largest absolute Gasteiger partial charge is 0.494 e. The molecule has 1 atom stereocenters. The maximum atomic E-state index is 12.3. The fourth-order valence-corrected chi connectivity index (χ4v) is 2.72. The van der Waals surface area contributed by atoms with Crippen LogP contribution in [0.3, 0.4) is 0 Å². The van der Waals surface area contributed by atoms with Crippen LogP contribution in [0.2, 0.25) is 0 Å². The van der Waals surface area contributed by atoms with Crippen LogP contribution >= 0.6 is 11.6 Å². The lowest BCUT2D eigenvalue weighted by Crippen LogP contribution is -2.40. The molecule has 1 aliphatic rings. The van der Waals surface area contributed by atoms with Crippen molar-refractivity contribution in [3.63, 3.8) is 0 Å². The van der Waals surface area contributed by atoms with Crippen molar-refractivity contribution in [1.29, 1.82) is 0 Å². The molecule has 24 heavy (non-hydrogen) atoms. The summed E-state index contributed by atoms with van der Waals surface area (Å²) >= 11 is 5.81. The summed E-state index contributed by atoms with van der Waals surface area (Å²) in [5.74, 6) is 1.17. The molecule has 0 radical (unpaired) electrons. The van der Waals surface area contributed by atoms with Crippen molar-refractivity contribution in [2.75, 3.05) is 30.5 Å². The normalized spacial score (nSPS) is 17.9. The molecule has 5 nitrogen and oxygen atoms in total. The molecular weight excluding hydrogens is 328 g/mol. The van der Waals surface area contributed by atoms with E-state index < -0.39 is 5.41 Å².